The van der Waals surface area contributed by atoms with Gasteiger partial charge >= 0.3 is 0 Å². The molecule has 0 aliphatic carbocycles. The van der Waals surface area contributed by atoms with Crippen LogP contribution in [0.2, 0.25) is 0 Å². The third-order valence-electron chi connectivity index (χ3n) is 7.18. The first-order valence-corrected chi connectivity index (χ1v) is 12.7. The summed E-state index contributed by atoms with van der Waals surface area (Å²) >= 11 is 0. The molecule has 2 aromatic carbocycles. The summed E-state index contributed by atoms with van der Waals surface area (Å²) in [6.45, 7) is 6.15. The van der Waals surface area contributed by atoms with Gasteiger partial charge in [0.15, 0.2) is 0 Å². The molecule has 2 heterocycles. The highest BCUT2D eigenvalue weighted by atomic mass is 16.1. The third kappa shape index (κ3) is 6.01. The van der Waals surface area contributed by atoms with Crippen molar-refractivity contribution in [3.63, 3.8) is 0 Å². The number of likely N-dealkylation sites (tertiary alicyclic amines) is 1. The number of carbonyl (C=O) groups excluding carboxylic acids is 1. The molecule has 1 atom stereocenters. The Hall–Kier alpha value is -3.36. The molecule has 0 spiro atoms. The van der Waals surface area contributed by atoms with Crippen molar-refractivity contribution in [1.29, 1.82) is 5.26 Å². The predicted molar refractivity (Wildman–Crippen MR) is 142 cm³/mol. The summed E-state index contributed by atoms with van der Waals surface area (Å²) in [5.74, 6) is 0.107. The van der Waals surface area contributed by atoms with Crippen molar-refractivity contribution < 1.29 is 4.79 Å². The highest BCUT2D eigenvalue weighted by molar-refractivity contribution is 5.76. The monoisotopic (exact) mass is 468 g/mol. The van der Waals surface area contributed by atoms with Crippen molar-refractivity contribution in [2.45, 2.75) is 58.4 Å². The largest absolute Gasteiger partial charge is 0.356 e. The lowest BCUT2D eigenvalue weighted by atomic mass is 10.0. The lowest BCUT2D eigenvalue weighted by molar-refractivity contribution is -0.121. The molecule has 0 saturated carbocycles. The van der Waals surface area contributed by atoms with Gasteiger partial charge in [-0.05, 0) is 88.5 Å². The Morgan fingerprint density at radius 3 is 2.60 bits per heavy atom. The topological polar surface area (TPSA) is 61.1 Å². The van der Waals surface area contributed by atoms with Gasteiger partial charge in [0, 0.05) is 36.0 Å². The Bertz CT molecular complexity index is 1200. The fourth-order valence-corrected chi connectivity index (χ4v) is 5.20. The molecule has 182 valence electrons. The minimum absolute atomic E-state index is 0.107. The summed E-state index contributed by atoms with van der Waals surface area (Å²) in [5.41, 5.74) is 7.94. The number of rotatable bonds is 9. The van der Waals surface area contributed by atoms with Crippen LogP contribution in [-0.4, -0.2) is 41.6 Å². The maximum absolute atomic E-state index is 12.6. The van der Waals surface area contributed by atoms with E-state index in [0.717, 1.165) is 42.1 Å². The van der Waals surface area contributed by atoms with E-state index in [1.165, 1.54) is 29.5 Å². The summed E-state index contributed by atoms with van der Waals surface area (Å²) in [4.78, 5) is 15.0. The first-order chi connectivity index (χ1) is 17.0. The van der Waals surface area contributed by atoms with Crippen LogP contribution in [0.25, 0.3) is 16.9 Å². The number of nitrogens with zero attached hydrogens (tertiary/aromatic N) is 3. The van der Waals surface area contributed by atoms with Crippen LogP contribution in [0, 0.1) is 25.2 Å². The molecule has 1 aromatic heterocycles. The van der Waals surface area contributed by atoms with E-state index in [4.69, 9.17) is 5.26 Å². The normalized spacial score (nSPS) is 15.8. The molecular weight excluding hydrogens is 432 g/mol. The van der Waals surface area contributed by atoms with Gasteiger partial charge in [-0.15, -0.1) is 0 Å². The number of amides is 1. The molecule has 0 bridgehead atoms. The maximum atomic E-state index is 12.6. The van der Waals surface area contributed by atoms with Gasteiger partial charge in [0.1, 0.15) is 0 Å². The molecule has 5 nitrogen and oxygen atoms in total. The standard InChI is InChI=1S/C30H36N4O/c1-22-6-13-28(23(2)21-22)29-14-11-27(34(29)26-9-7-24(8-10-26)16-18-31)12-15-30(35)32-19-17-25-5-4-20-33(25)3/h6-11,13-14,21,25H,4-5,12,15-17,19-20H2,1-3H3,(H,32,35)/t25-/m0/s1. The molecule has 3 aromatic rings. The van der Waals surface area contributed by atoms with Crippen LogP contribution in [0.3, 0.4) is 0 Å². The zero-order valence-electron chi connectivity index (χ0n) is 21.2. The first-order valence-electron chi connectivity index (χ1n) is 12.7. The van der Waals surface area contributed by atoms with Crippen molar-refractivity contribution in [2.75, 3.05) is 20.1 Å². The molecule has 1 aliphatic heterocycles. The van der Waals surface area contributed by atoms with Gasteiger partial charge in [0.25, 0.3) is 0 Å². The van der Waals surface area contributed by atoms with E-state index in [0.29, 0.717) is 25.3 Å². The van der Waals surface area contributed by atoms with Crippen LogP contribution in [0.4, 0.5) is 0 Å². The van der Waals surface area contributed by atoms with Gasteiger partial charge in [-0.1, -0.05) is 35.9 Å². The van der Waals surface area contributed by atoms with Gasteiger partial charge < -0.3 is 14.8 Å². The summed E-state index contributed by atoms with van der Waals surface area (Å²) < 4.78 is 2.26. The Morgan fingerprint density at radius 1 is 1.11 bits per heavy atom. The molecule has 1 aliphatic rings. The average Bonchev–Trinajstić information content (AvgIpc) is 3.44. The number of nitriles is 1. The number of nitrogens with one attached hydrogen (secondary N) is 1. The number of aromatic nitrogens is 1. The molecule has 1 fully saturated rings. The zero-order valence-corrected chi connectivity index (χ0v) is 21.2. The van der Waals surface area contributed by atoms with Crippen LogP contribution in [-0.2, 0) is 17.6 Å². The average molecular weight is 469 g/mol. The first kappa shape index (κ1) is 24.8. The quantitative estimate of drug-likeness (QED) is 0.460. The maximum Gasteiger partial charge on any atom is 0.220 e. The van der Waals surface area contributed by atoms with Crippen molar-refractivity contribution in [3.8, 4) is 23.0 Å². The van der Waals surface area contributed by atoms with Crippen LogP contribution in [0.1, 0.15) is 48.1 Å². The number of hydrogen-bond acceptors (Lipinski definition) is 3. The summed E-state index contributed by atoms with van der Waals surface area (Å²) in [6, 6.07) is 21.8. The smallest absolute Gasteiger partial charge is 0.220 e. The molecule has 0 radical (unpaired) electrons. The number of aryl methyl sites for hydroxylation is 3. The number of carbonyl (C=O) groups is 1. The molecule has 0 unspecified atom stereocenters. The highest BCUT2D eigenvalue weighted by Crippen LogP contribution is 2.30. The van der Waals surface area contributed by atoms with Crippen molar-refractivity contribution >= 4 is 5.91 Å². The molecular formula is C30H36N4O. The second kappa shape index (κ2) is 11.4. The number of hydrogen-bond donors (Lipinski definition) is 1. The highest BCUT2D eigenvalue weighted by Gasteiger charge is 2.20. The van der Waals surface area contributed by atoms with E-state index < -0.39 is 0 Å². The number of benzene rings is 2. The van der Waals surface area contributed by atoms with Crippen molar-refractivity contribution in [1.82, 2.24) is 14.8 Å². The van der Waals surface area contributed by atoms with E-state index in [1.807, 2.05) is 12.1 Å². The van der Waals surface area contributed by atoms with Gasteiger partial charge in [-0.25, -0.2) is 0 Å². The Labute approximate surface area is 209 Å². The lowest BCUT2D eigenvalue weighted by Gasteiger charge is -2.19. The van der Waals surface area contributed by atoms with Gasteiger partial charge in [0.05, 0.1) is 18.2 Å². The lowest BCUT2D eigenvalue weighted by Crippen LogP contribution is -2.31. The zero-order chi connectivity index (χ0) is 24.8. The van der Waals surface area contributed by atoms with Crippen LogP contribution in [0.15, 0.2) is 54.6 Å². The van der Waals surface area contributed by atoms with Crippen LogP contribution >= 0.6 is 0 Å². The van der Waals surface area contributed by atoms with Crippen LogP contribution in [0.5, 0.6) is 0 Å². The second-order valence-electron chi connectivity index (χ2n) is 9.78. The second-order valence-corrected chi connectivity index (χ2v) is 9.78. The van der Waals surface area contributed by atoms with Crippen LogP contribution < -0.4 is 5.32 Å². The van der Waals surface area contributed by atoms with Gasteiger partial charge in [-0.2, -0.15) is 5.26 Å². The third-order valence-corrected chi connectivity index (χ3v) is 7.18. The van der Waals surface area contributed by atoms with E-state index in [1.54, 1.807) is 0 Å². The molecule has 1 saturated heterocycles. The summed E-state index contributed by atoms with van der Waals surface area (Å²) in [6.07, 6.45) is 5.04. The van der Waals surface area contributed by atoms with Crippen molar-refractivity contribution in [3.05, 3.63) is 77.0 Å². The molecule has 35 heavy (non-hydrogen) atoms. The Balaban J connectivity index is 1.52. The van der Waals surface area contributed by atoms with Crippen molar-refractivity contribution in [2.24, 2.45) is 0 Å². The summed E-state index contributed by atoms with van der Waals surface area (Å²) in [7, 11) is 2.17. The Kier molecular flexibility index (Phi) is 8.05. The molecule has 1 N–H and O–H groups in total. The van der Waals surface area contributed by atoms with E-state index in [9.17, 15) is 4.79 Å². The molecule has 1 amide bonds. The van der Waals surface area contributed by atoms with E-state index in [-0.39, 0.29) is 5.91 Å². The molecule has 5 heteroatoms. The van der Waals surface area contributed by atoms with Gasteiger partial charge in [-0.3, -0.25) is 4.79 Å². The minimum atomic E-state index is 0.107. The molecule has 4 rings (SSSR count). The van der Waals surface area contributed by atoms with Gasteiger partial charge in [0.2, 0.25) is 5.91 Å². The minimum Gasteiger partial charge on any atom is -0.356 e. The fourth-order valence-electron chi connectivity index (χ4n) is 5.20. The SMILES string of the molecule is Cc1ccc(-c2ccc(CCC(=O)NCC[C@@H]3CCCN3C)n2-c2ccc(CC#N)cc2)c(C)c1. The van der Waals surface area contributed by atoms with E-state index in [2.05, 4.69) is 84.2 Å². The predicted octanol–water partition coefficient (Wildman–Crippen LogP) is 5.36. The fraction of sp³-hybridized carbons (Fsp3) is 0.400. The van der Waals surface area contributed by atoms with E-state index >= 15 is 0 Å². The summed E-state index contributed by atoms with van der Waals surface area (Å²) in [5, 5.41) is 12.2. The Morgan fingerprint density at radius 2 is 1.91 bits per heavy atom.